The molecule has 1 unspecified atom stereocenters. The lowest BCUT2D eigenvalue weighted by atomic mass is 9.83. The van der Waals surface area contributed by atoms with Crippen LogP contribution in [0.4, 0.5) is 0 Å². The molecule has 1 atom stereocenters. The summed E-state index contributed by atoms with van der Waals surface area (Å²) in [5, 5.41) is 0. The van der Waals surface area contributed by atoms with Gasteiger partial charge in [-0.3, -0.25) is 0 Å². The molecule has 1 aliphatic heterocycles. The number of rotatable bonds is 1. The molecular formula is C13H25N. The van der Waals surface area contributed by atoms with Crippen molar-refractivity contribution < 1.29 is 0 Å². The third-order valence-electron chi connectivity index (χ3n) is 4.20. The van der Waals surface area contributed by atoms with Crippen molar-refractivity contribution in [1.29, 1.82) is 0 Å². The van der Waals surface area contributed by atoms with Crippen LogP contribution in [0, 0.1) is 16.7 Å². The fraction of sp³-hybridized carbons (Fsp3) is 1.00. The molecule has 0 aromatic heterocycles. The Balaban J connectivity index is 1.85. The molecule has 0 radical (unpaired) electrons. The van der Waals surface area contributed by atoms with Gasteiger partial charge < -0.3 is 4.90 Å². The normalized spacial score (nSPS) is 32.1. The van der Waals surface area contributed by atoms with E-state index in [1.54, 1.807) is 0 Å². The van der Waals surface area contributed by atoms with E-state index in [-0.39, 0.29) is 0 Å². The second-order valence-corrected chi connectivity index (χ2v) is 6.83. The Kier molecular flexibility index (Phi) is 2.42. The van der Waals surface area contributed by atoms with Crippen molar-refractivity contribution in [3.8, 4) is 0 Å². The average Bonchev–Trinajstić information content (AvgIpc) is 2.68. The maximum Gasteiger partial charge on any atom is -0.00164 e. The summed E-state index contributed by atoms with van der Waals surface area (Å²) < 4.78 is 0. The van der Waals surface area contributed by atoms with Crippen LogP contribution in [0.3, 0.4) is 0 Å². The fourth-order valence-corrected chi connectivity index (χ4v) is 3.14. The van der Waals surface area contributed by atoms with Crippen LogP contribution in [0.25, 0.3) is 0 Å². The lowest BCUT2D eigenvalue weighted by molar-refractivity contribution is 0.181. The molecule has 2 aliphatic rings. The Hall–Kier alpha value is -0.0400. The molecule has 0 amide bonds. The first-order valence-electron chi connectivity index (χ1n) is 6.10. The number of hydrogen-bond acceptors (Lipinski definition) is 1. The van der Waals surface area contributed by atoms with Crippen LogP contribution < -0.4 is 0 Å². The zero-order valence-corrected chi connectivity index (χ0v) is 10.3. The number of nitrogens with zero attached hydrogens (tertiary/aromatic N) is 1. The van der Waals surface area contributed by atoms with Crippen molar-refractivity contribution >= 4 is 0 Å². The molecule has 0 aromatic carbocycles. The Labute approximate surface area is 88.9 Å². The molecule has 1 heteroatoms. The molecule has 14 heavy (non-hydrogen) atoms. The largest absolute Gasteiger partial charge is 0.306 e. The van der Waals surface area contributed by atoms with Crippen molar-refractivity contribution in [1.82, 2.24) is 4.90 Å². The number of likely N-dealkylation sites (tertiary alicyclic amines) is 1. The zero-order chi connectivity index (χ0) is 10.4. The first-order chi connectivity index (χ1) is 6.41. The first-order valence-corrected chi connectivity index (χ1v) is 6.10. The van der Waals surface area contributed by atoms with Crippen LogP contribution in [-0.2, 0) is 0 Å². The third-order valence-corrected chi connectivity index (χ3v) is 4.20. The predicted molar refractivity (Wildman–Crippen MR) is 61.3 cm³/mol. The molecule has 1 spiro atoms. The summed E-state index contributed by atoms with van der Waals surface area (Å²) in [6.07, 6.45) is 5.89. The molecule has 1 saturated heterocycles. The van der Waals surface area contributed by atoms with Crippen LogP contribution in [-0.4, -0.2) is 25.0 Å². The Morgan fingerprint density at radius 2 is 1.79 bits per heavy atom. The topological polar surface area (TPSA) is 3.24 Å². The maximum atomic E-state index is 2.48. The highest BCUT2D eigenvalue weighted by molar-refractivity contribution is 5.05. The molecule has 1 heterocycles. The molecule has 0 bridgehead atoms. The van der Waals surface area contributed by atoms with E-state index in [0.717, 1.165) is 11.3 Å². The SMILES string of the molecule is CN1CCC2(CC1)CC2CC(C)(C)C. The minimum absolute atomic E-state index is 0.539. The van der Waals surface area contributed by atoms with Gasteiger partial charge in [0, 0.05) is 0 Å². The summed E-state index contributed by atoms with van der Waals surface area (Å²) in [5.74, 6) is 1.05. The second kappa shape index (κ2) is 3.23. The van der Waals surface area contributed by atoms with E-state index in [0.29, 0.717) is 5.41 Å². The molecule has 0 aromatic rings. The number of hydrogen-bond donors (Lipinski definition) is 0. The molecule has 2 fully saturated rings. The van der Waals surface area contributed by atoms with Gasteiger partial charge >= 0.3 is 0 Å². The summed E-state index contributed by atoms with van der Waals surface area (Å²) in [7, 11) is 2.26. The number of piperidine rings is 1. The summed E-state index contributed by atoms with van der Waals surface area (Å²) in [4.78, 5) is 2.48. The average molecular weight is 195 g/mol. The quantitative estimate of drug-likeness (QED) is 0.621. The predicted octanol–water partition coefficient (Wildman–Crippen LogP) is 3.15. The van der Waals surface area contributed by atoms with Gasteiger partial charge in [0.1, 0.15) is 0 Å². The fourth-order valence-electron chi connectivity index (χ4n) is 3.14. The zero-order valence-electron chi connectivity index (χ0n) is 10.3. The van der Waals surface area contributed by atoms with Gasteiger partial charge in [0.25, 0.3) is 0 Å². The van der Waals surface area contributed by atoms with Crippen LogP contribution in [0.1, 0.15) is 46.5 Å². The highest BCUT2D eigenvalue weighted by atomic mass is 15.1. The minimum atomic E-state index is 0.539. The molecule has 1 aliphatic carbocycles. The van der Waals surface area contributed by atoms with Gasteiger partial charge in [0.05, 0.1) is 0 Å². The van der Waals surface area contributed by atoms with E-state index in [9.17, 15) is 0 Å². The summed E-state index contributed by atoms with van der Waals surface area (Å²) in [5.41, 5.74) is 1.33. The van der Waals surface area contributed by atoms with E-state index in [1.807, 2.05) is 0 Å². The highest BCUT2D eigenvalue weighted by Gasteiger charge is 2.54. The first kappa shape index (κ1) is 10.5. The van der Waals surface area contributed by atoms with E-state index in [1.165, 1.54) is 38.8 Å². The van der Waals surface area contributed by atoms with Crippen LogP contribution in [0.2, 0.25) is 0 Å². The van der Waals surface area contributed by atoms with Crippen molar-refractivity contribution in [2.75, 3.05) is 20.1 Å². The molecule has 1 saturated carbocycles. The van der Waals surface area contributed by atoms with Crippen molar-refractivity contribution in [2.45, 2.75) is 46.5 Å². The molecule has 82 valence electrons. The van der Waals surface area contributed by atoms with Crippen molar-refractivity contribution in [2.24, 2.45) is 16.7 Å². The Morgan fingerprint density at radius 1 is 1.21 bits per heavy atom. The van der Waals surface area contributed by atoms with Gasteiger partial charge in [0.15, 0.2) is 0 Å². The lowest BCUT2D eigenvalue weighted by Gasteiger charge is -2.31. The Morgan fingerprint density at radius 3 is 2.29 bits per heavy atom. The van der Waals surface area contributed by atoms with Crippen molar-refractivity contribution in [3.05, 3.63) is 0 Å². The van der Waals surface area contributed by atoms with Gasteiger partial charge in [-0.05, 0) is 62.6 Å². The van der Waals surface area contributed by atoms with Crippen molar-refractivity contribution in [3.63, 3.8) is 0 Å². The van der Waals surface area contributed by atoms with E-state index in [2.05, 4.69) is 32.7 Å². The Bertz CT molecular complexity index is 206. The van der Waals surface area contributed by atoms with Gasteiger partial charge in [0.2, 0.25) is 0 Å². The molecule has 2 rings (SSSR count). The van der Waals surface area contributed by atoms with E-state index >= 15 is 0 Å². The maximum absolute atomic E-state index is 2.48. The molecular weight excluding hydrogens is 170 g/mol. The third kappa shape index (κ3) is 2.13. The van der Waals surface area contributed by atoms with Gasteiger partial charge in [-0.2, -0.15) is 0 Å². The van der Waals surface area contributed by atoms with E-state index in [4.69, 9.17) is 0 Å². The lowest BCUT2D eigenvalue weighted by Crippen LogP contribution is -2.32. The molecule has 1 nitrogen and oxygen atoms in total. The van der Waals surface area contributed by atoms with Gasteiger partial charge in [-0.15, -0.1) is 0 Å². The van der Waals surface area contributed by atoms with Crippen LogP contribution >= 0.6 is 0 Å². The smallest absolute Gasteiger partial charge is 0.00164 e. The summed E-state index contributed by atoms with van der Waals surface area (Å²) >= 11 is 0. The van der Waals surface area contributed by atoms with Gasteiger partial charge in [-0.25, -0.2) is 0 Å². The summed E-state index contributed by atoms with van der Waals surface area (Å²) in [6.45, 7) is 9.82. The minimum Gasteiger partial charge on any atom is -0.306 e. The second-order valence-electron chi connectivity index (χ2n) is 6.83. The standard InChI is InChI=1S/C13H25N/c1-12(2,3)9-11-10-13(11)5-7-14(4)8-6-13/h11H,5-10H2,1-4H3. The van der Waals surface area contributed by atoms with Crippen LogP contribution in [0.5, 0.6) is 0 Å². The monoisotopic (exact) mass is 195 g/mol. The van der Waals surface area contributed by atoms with Gasteiger partial charge in [-0.1, -0.05) is 20.8 Å². The van der Waals surface area contributed by atoms with Crippen LogP contribution in [0.15, 0.2) is 0 Å². The highest BCUT2D eigenvalue weighted by Crippen LogP contribution is 2.62. The molecule has 0 N–H and O–H groups in total. The summed E-state index contributed by atoms with van der Waals surface area (Å²) in [6, 6.07) is 0. The van der Waals surface area contributed by atoms with E-state index < -0.39 is 0 Å².